The van der Waals surface area contributed by atoms with Crippen molar-refractivity contribution in [2.24, 2.45) is 0 Å². The summed E-state index contributed by atoms with van der Waals surface area (Å²) in [5.41, 5.74) is 2.29. The summed E-state index contributed by atoms with van der Waals surface area (Å²) < 4.78 is 0. The van der Waals surface area contributed by atoms with Crippen molar-refractivity contribution in [3.8, 4) is 0 Å². The molecule has 0 bridgehead atoms. The molecule has 2 amide bonds. The van der Waals surface area contributed by atoms with Crippen LogP contribution in [-0.2, 0) is 6.42 Å². The standard InChI is InChI=1S/C18H23N3O/c1-15(16-7-3-2-4-8-16)10-13-20-18(22)21-14-11-17-9-5-6-12-19-17/h2-9,12,15H,10-11,13-14H2,1H3,(H2,20,21,22)/t15-/m1/s1. The van der Waals surface area contributed by atoms with Crippen molar-refractivity contribution in [2.75, 3.05) is 13.1 Å². The molecule has 4 heteroatoms. The number of benzene rings is 1. The predicted octanol–water partition coefficient (Wildman–Crippen LogP) is 3.12. The lowest BCUT2D eigenvalue weighted by Crippen LogP contribution is -2.37. The molecule has 1 atom stereocenters. The van der Waals surface area contributed by atoms with Gasteiger partial charge in [0.05, 0.1) is 0 Å². The van der Waals surface area contributed by atoms with E-state index in [9.17, 15) is 4.79 Å². The molecule has 0 radical (unpaired) electrons. The zero-order valence-corrected chi connectivity index (χ0v) is 13.0. The second kappa shape index (κ2) is 8.82. The Balaban J connectivity index is 1.60. The first-order chi connectivity index (χ1) is 10.8. The van der Waals surface area contributed by atoms with E-state index >= 15 is 0 Å². The molecule has 2 N–H and O–H groups in total. The van der Waals surface area contributed by atoms with Crippen molar-refractivity contribution < 1.29 is 4.79 Å². The number of urea groups is 1. The third-order valence-electron chi connectivity index (χ3n) is 3.62. The lowest BCUT2D eigenvalue weighted by molar-refractivity contribution is 0.240. The number of hydrogen-bond acceptors (Lipinski definition) is 2. The quantitative estimate of drug-likeness (QED) is 0.825. The van der Waals surface area contributed by atoms with Crippen LogP contribution in [0.2, 0.25) is 0 Å². The Morgan fingerprint density at radius 1 is 1.05 bits per heavy atom. The van der Waals surface area contributed by atoms with Crippen LogP contribution in [-0.4, -0.2) is 24.1 Å². The molecule has 0 saturated heterocycles. The molecule has 4 nitrogen and oxygen atoms in total. The Labute approximate surface area is 132 Å². The molecule has 2 rings (SSSR count). The molecular weight excluding hydrogens is 274 g/mol. The molecule has 0 aliphatic carbocycles. The van der Waals surface area contributed by atoms with Gasteiger partial charge in [0.1, 0.15) is 0 Å². The number of carbonyl (C=O) groups is 1. The molecular formula is C18H23N3O. The van der Waals surface area contributed by atoms with Gasteiger partial charge in [-0.05, 0) is 30.0 Å². The third-order valence-corrected chi connectivity index (χ3v) is 3.62. The van der Waals surface area contributed by atoms with Gasteiger partial charge < -0.3 is 10.6 Å². The minimum Gasteiger partial charge on any atom is -0.338 e. The Bertz CT molecular complexity index is 557. The van der Waals surface area contributed by atoms with E-state index in [-0.39, 0.29) is 6.03 Å². The molecule has 0 fully saturated rings. The fraction of sp³-hybridized carbons (Fsp3) is 0.333. The monoisotopic (exact) mass is 297 g/mol. The zero-order chi connectivity index (χ0) is 15.6. The first-order valence-electron chi connectivity index (χ1n) is 7.72. The summed E-state index contributed by atoms with van der Waals surface area (Å²) in [6.07, 6.45) is 3.44. The van der Waals surface area contributed by atoms with Crippen molar-refractivity contribution >= 4 is 6.03 Å². The van der Waals surface area contributed by atoms with Crippen molar-refractivity contribution in [1.29, 1.82) is 0 Å². The number of nitrogens with one attached hydrogen (secondary N) is 2. The highest BCUT2D eigenvalue weighted by atomic mass is 16.2. The molecule has 1 aromatic heterocycles. The average molecular weight is 297 g/mol. The largest absolute Gasteiger partial charge is 0.338 e. The molecule has 1 aromatic carbocycles. The minimum absolute atomic E-state index is 0.115. The SMILES string of the molecule is C[C@H](CCNC(=O)NCCc1ccccn1)c1ccccc1. The average Bonchev–Trinajstić information content (AvgIpc) is 2.56. The molecule has 1 heterocycles. The number of amides is 2. The third kappa shape index (κ3) is 5.56. The summed E-state index contributed by atoms with van der Waals surface area (Å²) in [7, 11) is 0. The summed E-state index contributed by atoms with van der Waals surface area (Å²) in [6.45, 7) is 3.44. The number of aromatic nitrogens is 1. The Kier molecular flexibility index (Phi) is 6.42. The number of rotatable bonds is 7. The highest BCUT2D eigenvalue weighted by molar-refractivity contribution is 5.73. The first-order valence-corrected chi connectivity index (χ1v) is 7.72. The molecule has 0 aliphatic rings. The highest BCUT2D eigenvalue weighted by Gasteiger charge is 2.06. The highest BCUT2D eigenvalue weighted by Crippen LogP contribution is 2.17. The van der Waals surface area contributed by atoms with E-state index in [1.54, 1.807) is 6.20 Å². The lowest BCUT2D eigenvalue weighted by Gasteiger charge is -2.13. The fourth-order valence-electron chi connectivity index (χ4n) is 2.26. The van der Waals surface area contributed by atoms with E-state index in [0.717, 1.165) is 18.5 Å². The number of carbonyl (C=O) groups excluding carboxylic acids is 1. The van der Waals surface area contributed by atoms with Gasteiger partial charge in [-0.2, -0.15) is 0 Å². The molecule has 0 unspecified atom stereocenters. The second-order valence-electron chi connectivity index (χ2n) is 5.35. The summed E-state index contributed by atoms with van der Waals surface area (Å²) in [6, 6.07) is 16.0. The van der Waals surface area contributed by atoms with Gasteiger partial charge >= 0.3 is 6.03 Å². The van der Waals surface area contributed by atoms with Crippen LogP contribution in [0.25, 0.3) is 0 Å². The molecule has 2 aromatic rings. The van der Waals surface area contributed by atoms with Gasteiger partial charge in [0.25, 0.3) is 0 Å². The maximum Gasteiger partial charge on any atom is 0.314 e. The van der Waals surface area contributed by atoms with Gasteiger partial charge in [-0.25, -0.2) is 4.79 Å². The Morgan fingerprint density at radius 3 is 2.50 bits per heavy atom. The normalized spacial score (nSPS) is 11.7. The van der Waals surface area contributed by atoms with E-state index in [1.807, 2.05) is 36.4 Å². The van der Waals surface area contributed by atoms with E-state index in [1.165, 1.54) is 5.56 Å². The summed E-state index contributed by atoms with van der Waals surface area (Å²) >= 11 is 0. The van der Waals surface area contributed by atoms with E-state index in [0.29, 0.717) is 19.0 Å². The molecule has 0 aliphatic heterocycles. The van der Waals surface area contributed by atoms with Crippen LogP contribution in [0, 0.1) is 0 Å². The minimum atomic E-state index is -0.115. The van der Waals surface area contributed by atoms with E-state index in [4.69, 9.17) is 0 Å². The maximum absolute atomic E-state index is 11.7. The van der Waals surface area contributed by atoms with E-state index < -0.39 is 0 Å². The molecule has 116 valence electrons. The van der Waals surface area contributed by atoms with Gasteiger partial charge in [-0.15, -0.1) is 0 Å². The van der Waals surface area contributed by atoms with Crippen LogP contribution in [0.1, 0.15) is 30.5 Å². The Hall–Kier alpha value is -2.36. The lowest BCUT2D eigenvalue weighted by atomic mass is 9.98. The number of nitrogens with zero attached hydrogens (tertiary/aromatic N) is 1. The topological polar surface area (TPSA) is 54.0 Å². The van der Waals surface area contributed by atoms with Crippen molar-refractivity contribution in [2.45, 2.75) is 25.7 Å². The molecule has 22 heavy (non-hydrogen) atoms. The summed E-state index contributed by atoms with van der Waals surface area (Å²) in [5.74, 6) is 0.440. The zero-order valence-electron chi connectivity index (χ0n) is 13.0. The van der Waals surface area contributed by atoms with Crippen LogP contribution in [0.5, 0.6) is 0 Å². The maximum atomic E-state index is 11.7. The molecule has 0 saturated carbocycles. The fourth-order valence-corrected chi connectivity index (χ4v) is 2.26. The number of pyridine rings is 1. The van der Waals surface area contributed by atoms with Crippen LogP contribution >= 0.6 is 0 Å². The van der Waals surface area contributed by atoms with Gasteiger partial charge in [-0.1, -0.05) is 43.3 Å². The van der Waals surface area contributed by atoms with Gasteiger partial charge in [-0.3, -0.25) is 4.98 Å². The molecule has 0 spiro atoms. The van der Waals surface area contributed by atoms with Crippen molar-refractivity contribution in [1.82, 2.24) is 15.6 Å². The van der Waals surface area contributed by atoms with Crippen LogP contribution in [0.4, 0.5) is 4.79 Å². The van der Waals surface area contributed by atoms with E-state index in [2.05, 4.69) is 34.7 Å². The summed E-state index contributed by atoms with van der Waals surface area (Å²) in [5, 5.41) is 5.75. The van der Waals surface area contributed by atoms with Gasteiger partial charge in [0.15, 0.2) is 0 Å². The van der Waals surface area contributed by atoms with Crippen molar-refractivity contribution in [3.05, 3.63) is 66.0 Å². The first kappa shape index (κ1) is 16.0. The van der Waals surface area contributed by atoms with Crippen LogP contribution in [0.15, 0.2) is 54.7 Å². The second-order valence-corrected chi connectivity index (χ2v) is 5.35. The summed E-state index contributed by atoms with van der Waals surface area (Å²) in [4.78, 5) is 15.9. The number of hydrogen-bond donors (Lipinski definition) is 2. The predicted molar refractivity (Wildman–Crippen MR) is 88.8 cm³/mol. The smallest absolute Gasteiger partial charge is 0.314 e. The van der Waals surface area contributed by atoms with Crippen LogP contribution < -0.4 is 10.6 Å². The van der Waals surface area contributed by atoms with Gasteiger partial charge in [0, 0.05) is 31.4 Å². The Morgan fingerprint density at radius 2 is 1.77 bits per heavy atom. The van der Waals surface area contributed by atoms with Crippen LogP contribution in [0.3, 0.4) is 0 Å². The van der Waals surface area contributed by atoms with Gasteiger partial charge in [0.2, 0.25) is 0 Å². The van der Waals surface area contributed by atoms with Crippen molar-refractivity contribution in [3.63, 3.8) is 0 Å².